The summed E-state index contributed by atoms with van der Waals surface area (Å²) in [6.45, 7) is 5.48. The van der Waals surface area contributed by atoms with Crippen molar-refractivity contribution in [2.75, 3.05) is 24.2 Å². The van der Waals surface area contributed by atoms with Crippen LogP contribution in [0.4, 0.5) is 5.69 Å². The van der Waals surface area contributed by atoms with Crippen LogP contribution in [0.5, 0.6) is 5.75 Å². The third kappa shape index (κ3) is 7.47. The molecule has 1 aliphatic rings. The minimum absolute atomic E-state index is 0.113. The summed E-state index contributed by atoms with van der Waals surface area (Å²) in [7, 11) is -2.18. The fourth-order valence-corrected chi connectivity index (χ4v) is 5.55. The molecule has 1 fully saturated rings. The standard InChI is InChI=1S/C28H39N3O5S/c1-6-26(28(33)29-23-9-7-8-10-23)30(18-22-12-15-25(36-4)16-13-22)27(32)19-31(37(5,34)35)24-14-11-20(2)21(3)17-24/h11-17,23,26H,6-10,18-19H2,1-5H3,(H,29,33)/t26-/m0/s1. The molecule has 1 atom stereocenters. The van der Waals surface area contributed by atoms with Gasteiger partial charge in [-0.1, -0.05) is 38.0 Å². The summed E-state index contributed by atoms with van der Waals surface area (Å²) in [6, 6.07) is 12.0. The van der Waals surface area contributed by atoms with Crippen molar-refractivity contribution in [3.63, 3.8) is 0 Å². The number of nitrogens with zero attached hydrogens (tertiary/aromatic N) is 2. The number of hydrogen-bond donors (Lipinski definition) is 1. The summed E-state index contributed by atoms with van der Waals surface area (Å²) in [4.78, 5) is 28.7. The lowest BCUT2D eigenvalue weighted by Crippen LogP contribution is -2.53. The van der Waals surface area contributed by atoms with E-state index in [1.165, 1.54) is 4.90 Å². The zero-order chi connectivity index (χ0) is 27.2. The van der Waals surface area contributed by atoms with Crippen LogP contribution in [-0.2, 0) is 26.2 Å². The number of sulfonamides is 1. The molecule has 202 valence electrons. The van der Waals surface area contributed by atoms with Crippen molar-refractivity contribution in [2.45, 2.75) is 71.5 Å². The predicted octanol–water partition coefficient (Wildman–Crippen LogP) is 3.94. The average Bonchev–Trinajstić information content (AvgIpc) is 3.36. The lowest BCUT2D eigenvalue weighted by molar-refractivity contribution is -0.140. The molecule has 0 heterocycles. The molecular weight excluding hydrogens is 490 g/mol. The van der Waals surface area contributed by atoms with Crippen LogP contribution in [0, 0.1) is 13.8 Å². The molecule has 2 aromatic carbocycles. The number of anilines is 1. The summed E-state index contributed by atoms with van der Waals surface area (Å²) < 4.78 is 31.9. The van der Waals surface area contributed by atoms with Gasteiger partial charge in [0.1, 0.15) is 18.3 Å². The summed E-state index contributed by atoms with van der Waals surface area (Å²) in [6.07, 6.45) is 5.52. The summed E-state index contributed by atoms with van der Waals surface area (Å²) in [5, 5.41) is 3.11. The molecular formula is C28H39N3O5S. The Kier molecular flexibility index (Phi) is 9.59. The number of amides is 2. The van der Waals surface area contributed by atoms with E-state index in [0.29, 0.717) is 17.9 Å². The SMILES string of the molecule is CC[C@@H](C(=O)NC1CCCC1)N(Cc1ccc(OC)cc1)C(=O)CN(c1ccc(C)c(C)c1)S(C)(=O)=O. The number of methoxy groups -OCH3 is 1. The third-order valence-electron chi connectivity index (χ3n) is 7.06. The van der Waals surface area contributed by atoms with E-state index in [4.69, 9.17) is 4.74 Å². The maximum Gasteiger partial charge on any atom is 0.244 e. The largest absolute Gasteiger partial charge is 0.497 e. The molecule has 2 amide bonds. The van der Waals surface area contributed by atoms with Crippen LogP contribution < -0.4 is 14.4 Å². The molecule has 3 rings (SSSR count). The van der Waals surface area contributed by atoms with Gasteiger partial charge in [-0.25, -0.2) is 8.42 Å². The smallest absolute Gasteiger partial charge is 0.244 e. The zero-order valence-corrected chi connectivity index (χ0v) is 23.3. The molecule has 1 N–H and O–H groups in total. The summed E-state index contributed by atoms with van der Waals surface area (Å²) >= 11 is 0. The van der Waals surface area contributed by atoms with Crippen LogP contribution in [0.15, 0.2) is 42.5 Å². The van der Waals surface area contributed by atoms with E-state index in [0.717, 1.165) is 52.9 Å². The molecule has 8 nitrogen and oxygen atoms in total. The molecule has 0 unspecified atom stereocenters. The first-order valence-electron chi connectivity index (χ1n) is 12.8. The number of aryl methyl sites for hydroxylation is 2. The van der Waals surface area contributed by atoms with Gasteiger partial charge in [0.15, 0.2) is 0 Å². The maximum absolute atomic E-state index is 13.8. The molecule has 0 radical (unpaired) electrons. The summed E-state index contributed by atoms with van der Waals surface area (Å²) in [5.41, 5.74) is 3.19. The molecule has 2 aromatic rings. The number of carbonyl (C=O) groups is 2. The Morgan fingerprint density at radius 3 is 2.24 bits per heavy atom. The van der Waals surface area contributed by atoms with Crippen LogP contribution in [-0.4, -0.2) is 57.1 Å². The average molecular weight is 530 g/mol. The number of rotatable bonds is 11. The van der Waals surface area contributed by atoms with Gasteiger partial charge in [-0.05, 0) is 74.1 Å². The van der Waals surface area contributed by atoms with Gasteiger partial charge in [-0.15, -0.1) is 0 Å². The minimum atomic E-state index is -3.76. The number of nitrogens with one attached hydrogen (secondary N) is 1. The van der Waals surface area contributed by atoms with Crippen molar-refractivity contribution in [3.05, 3.63) is 59.2 Å². The maximum atomic E-state index is 13.8. The Balaban J connectivity index is 1.93. The van der Waals surface area contributed by atoms with Crippen LogP contribution in [0.1, 0.15) is 55.7 Å². The fourth-order valence-electron chi connectivity index (χ4n) is 4.71. The van der Waals surface area contributed by atoms with Crippen LogP contribution >= 0.6 is 0 Å². The zero-order valence-electron chi connectivity index (χ0n) is 22.5. The molecule has 1 saturated carbocycles. The van der Waals surface area contributed by atoms with E-state index in [1.807, 2.05) is 39.0 Å². The highest BCUT2D eigenvalue weighted by Gasteiger charge is 2.33. The van der Waals surface area contributed by atoms with E-state index < -0.39 is 28.5 Å². The predicted molar refractivity (Wildman–Crippen MR) is 146 cm³/mol. The Hall–Kier alpha value is -3.07. The van der Waals surface area contributed by atoms with Gasteiger partial charge in [-0.2, -0.15) is 0 Å². The minimum Gasteiger partial charge on any atom is -0.497 e. The van der Waals surface area contributed by atoms with E-state index in [9.17, 15) is 18.0 Å². The second kappa shape index (κ2) is 12.4. The Labute approximate surface area is 221 Å². The van der Waals surface area contributed by atoms with Gasteiger partial charge >= 0.3 is 0 Å². The first-order valence-corrected chi connectivity index (χ1v) is 14.7. The van der Waals surface area contributed by atoms with Gasteiger partial charge in [0, 0.05) is 12.6 Å². The lowest BCUT2D eigenvalue weighted by atomic mass is 10.1. The normalized spacial score (nSPS) is 14.7. The first kappa shape index (κ1) is 28.5. The van der Waals surface area contributed by atoms with Crippen molar-refractivity contribution >= 4 is 27.5 Å². The molecule has 37 heavy (non-hydrogen) atoms. The molecule has 1 aliphatic carbocycles. The number of hydrogen-bond acceptors (Lipinski definition) is 5. The van der Waals surface area contributed by atoms with Crippen LogP contribution in [0.2, 0.25) is 0 Å². The van der Waals surface area contributed by atoms with Crippen molar-refractivity contribution < 1.29 is 22.7 Å². The summed E-state index contributed by atoms with van der Waals surface area (Å²) in [5.74, 6) is 0.0480. The van der Waals surface area contributed by atoms with Gasteiger partial charge in [-0.3, -0.25) is 13.9 Å². The second-order valence-corrected chi connectivity index (χ2v) is 11.7. The molecule has 9 heteroatoms. The number of carbonyl (C=O) groups excluding carboxylic acids is 2. The van der Waals surface area contributed by atoms with Gasteiger partial charge in [0.2, 0.25) is 21.8 Å². The highest BCUT2D eigenvalue weighted by molar-refractivity contribution is 7.92. The van der Waals surface area contributed by atoms with Crippen molar-refractivity contribution in [2.24, 2.45) is 0 Å². The molecule has 0 spiro atoms. The number of benzene rings is 2. The quantitative estimate of drug-likeness (QED) is 0.476. The molecule has 0 saturated heterocycles. The highest BCUT2D eigenvalue weighted by Crippen LogP contribution is 2.24. The Bertz CT molecular complexity index is 1190. The topological polar surface area (TPSA) is 96.0 Å². The van der Waals surface area contributed by atoms with Gasteiger partial charge in [0.25, 0.3) is 0 Å². The molecule has 0 aliphatic heterocycles. The Morgan fingerprint density at radius 1 is 1.05 bits per heavy atom. The van der Waals surface area contributed by atoms with E-state index in [1.54, 1.807) is 31.4 Å². The van der Waals surface area contributed by atoms with E-state index in [2.05, 4.69) is 5.32 Å². The second-order valence-electron chi connectivity index (χ2n) is 9.82. The van der Waals surface area contributed by atoms with E-state index in [-0.39, 0.29) is 18.5 Å². The highest BCUT2D eigenvalue weighted by atomic mass is 32.2. The fraction of sp³-hybridized carbons (Fsp3) is 0.500. The van der Waals surface area contributed by atoms with Crippen molar-refractivity contribution in [1.82, 2.24) is 10.2 Å². The Morgan fingerprint density at radius 2 is 1.70 bits per heavy atom. The molecule has 0 aromatic heterocycles. The third-order valence-corrected chi connectivity index (χ3v) is 8.20. The van der Waals surface area contributed by atoms with Gasteiger partial charge in [0.05, 0.1) is 19.1 Å². The van der Waals surface area contributed by atoms with Crippen molar-refractivity contribution in [3.8, 4) is 5.75 Å². The number of ether oxygens (including phenoxy) is 1. The van der Waals surface area contributed by atoms with Crippen LogP contribution in [0.25, 0.3) is 0 Å². The van der Waals surface area contributed by atoms with Gasteiger partial charge < -0.3 is 15.0 Å². The monoisotopic (exact) mass is 529 g/mol. The van der Waals surface area contributed by atoms with Crippen LogP contribution in [0.3, 0.4) is 0 Å². The molecule has 0 bridgehead atoms. The van der Waals surface area contributed by atoms with Crippen molar-refractivity contribution in [1.29, 1.82) is 0 Å². The lowest BCUT2D eigenvalue weighted by Gasteiger charge is -2.33. The van der Waals surface area contributed by atoms with E-state index >= 15 is 0 Å². The first-order chi connectivity index (χ1) is 17.5.